The van der Waals surface area contributed by atoms with Crippen molar-refractivity contribution in [3.63, 3.8) is 0 Å². The SMILES string of the molecule is CCCCOCCNCCOCCOC(C)(C)C. The van der Waals surface area contributed by atoms with Gasteiger partial charge in [-0.3, -0.25) is 0 Å². The van der Waals surface area contributed by atoms with Crippen molar-refractivity contribution in [1.82, 2.24) is 5.32 Å². The highest BCUT2D eigenvalue weighted by atomic mass is 16.5. The molecule has 0 aromatic heterocycles. The fourth-order valence-electron chi connectivity index (χ4n) is 1.27. The van der Waals surface area contributed by atoms with Crippen molar-refractivity contribution in [3.8, 4) is 0 Å². The van der Waals surface area contributed by atoms with Crippen LogP contribution in [0.15, 0.2) is 0 Å². The van der Waals surface area contributed by atoms with E-state index in [1.54, 1.807) is 0 Å². The lowest BCUT2D eigenvalue weighted by Crippen LogP contribution is -2.26. The first-order valence-electron chi connectivity index (χ1n) is 7.06. The molecule has 0 fully saturated rings. The topological polar surface area (TPSA) is 39.7 Å². The number of nitrogens with one attached hydrogen (secondary N) is 1. The van der Waals surface area contributed by atoms with Gasteiger partial charge >= 0.3 is 0 Å². The third-order valence-electron chi connectivity index (χ3n) is 2.25. The Morgan fingerprint density at radius 1 is 0.833 bits per heavy atom. The molecule has 0 saturated heterocycles. The van der Waals surface area contributed by atoms with E-state index in [-0.39, 0.29) is 5.60 Å². The lowest BCUT2D eigenvalue weighted by atomic mass is 10.2. The number of hydrogen-bond acceptors (Lipinski definition) is 4. The largest absolute Gasteiger partial charge is 0.380 e. The zero-order valence-electron chi connectivity index (χ0n) is 12.6. The molecular weight excluding hydrogens is 230 g/mol. The Morgan fingerprint density at radius 2 is 1.44 bits per heavy atom. The summed E-state index contributed by atoms with van der Waals surface area (Å²) >= 11 is 0. The van der Waals surface area contributed by atoms with Crippen LogP contribution in [0.5, 0.6) is 0 Å². The molecule has 4 heteroatoms. The van der Waals surface area contributed by atoms with E-state index in [9.17, 15) is 0 Å². The lowest BCUT2D eigenvalue weighted by Gasteiger charge is -2.19. The van der Waals surface area contributed by atoms with Gasteiger partial charge in [0.25, 0.3) is 0 Å². The predicted molar refractivity (Wildman–Crippen MR) is 75.1 cm³/mol. The smallest absolute Gasteiger partial charge is 0.0707 e. The van der Waals surface area contributed by atoms with Gasteiger partial charge in [-0.15, -0.1) is 0 Å². The molecule has 0 heterocycles. The lowest BCUT2D eigenvalue weighted by molar-refractivity contribution is -0.0344. The van der Waals surface area contributed by atoms with Crippen molar-refractivity contribution in [1.29, 1.82) is 0 Å². The molecule has 0 atom stereocenters. The Balaban J connectivity index is 2.99. The second-order valence-electron chi connectivity index (χ2n) is 5.29. The summed E-state index contributed by atoms with van der Waals surface area (Å²) in [6, 6.07) is 0. The number of ether oxygens (including phenoxy) is 3. The fraction of sp³-hybridized carbons (Fsp3) is 1.00. The van der Waals surface area contributed by atoms with Gasteiger partial charge in [0.15, 0.2) is 0 Å². The maximum Gasteiger partial charge on any atom is 0.0707 e. The minimum Gasteiger partial charge on any atom is -0.380 e. The Bertz CT molecular complexity index is 169. The molecule has 0 rings (SSSR count). The average Bonchev–Trinajstić information content (AvgIpc) is 2.29. The number of unbranched alkanes of at least 4 members (excludes halogenated alkanes) is 1. The molecule has 0 spiro atoms. The molecule has 0 saturated carbocycles. The Morgan fingerprint density at radius 3 is 2.00 bits per heavy atom. The fourth-order valence-corrected chi connectivity index (χ4v) is 1.27. The third-order valence-corrected chi connectivity index (χ3v) is 2.25. The molecule has 18 heavy (non-hydrogen) atoms. The second kappa shape index (κ2) is 11.9. The summed E-state index contributed by atoms with van der Waals surface area (Å²) in [6.07, 6.45) is 2.34. The Kier molecular flexibility index (Phi) is 11.8. The van der Waals surface area contributed by atoms with Gasteiger partial charge in [-0.25, -0.2) is 0 Å². The predicted octanol–water partition coefficient (Wildman–Crippen LogP) is 2.22. The van der Waals surface area contributed by atoms with Gasteiger partial charge in [0, 0.05) is 19.7 Å². The van der Waals surface area contributed by atoms with E-state index >= 15 is 0 Å². The Labute approximate surface area is 112 Å². The molecule has 0 aliphatic rings. The molecule has 0 unspecified atom stereocenters. The first-order chi connectivity index (χ1) is 8.56. The van der Waals surface area contributed by atoms with Crippen LogP contribution in [0.25, 0.3) is 0 Å². The summed E-state index contributed by atoms with van der Waals surface area (Å²) in [5.74, 6) is 0. The van der Waals surface area contributed by atoms with Crippen molar-refractivity contribution in [2.75, 3.05) is 46.1 Å². The summed E-state index contributed by atoms with van der Waals surface area (Å²) in [7, 11) is 0. The maximum absolute atomic E-state index is 5.55. The van der Waals surface area contributed by atoms with Crippen LogP contribution < -0.4 is 5.32 Å². The van der Waals surface area contributed by atoms with E-state index in [2.05, 4.69) is 12.2 Å². The quantitative estimate of drug-likeness (QED) is 0.547. The summed E-state index contributed by atoms with van der Waals surface area (Å²) in [4.78, 5) is 0. The molecule has 0 aliphatic heterocycles. The molecular formula is C14H31NO3. The van der Waals surface area contributed by atoms with E-state index in [4.69, 9.17) is 14.2 Å². The van der Waals surface area contributed by atoms with Gasteiger partial charge in [0.05, 0.1) is 32.0 Å². The van der Waals surface area contributed by atoms with E-state index in [0.29, 0.717) is 13.2 Å². The second-order valence-corrected chi connectivity index (χ2v) is 5.29. The molecule has 0 radical (unpaired) electrons. The summed E-state index contributed by atoms with van der Waals surface area (Å²) in [5, 5.41) is 3.28. The number of hydrogen-bond donors (Lipinski definition) is 1. The molecule has 0 aromatic rings. The van der Waals surface area contributed by atoms with Crippen LogP contribution in [0.2, 0.25) is 0 Å². The molecule has 0 aliphatic carbocycles. The standard InChI is InChI=1S/C14H31NO3/c1-5-6-9-16-10-7-15-8-11-17-12-13-18-14(2,3)4/h15H,5-13H2,1-4H3. The maximum atomic E-state index is 5.55. The minimum absolute atomic E-state index is 0.0720. The normalized spacial score (nSPS) is 12.0. The van der Waals surface area contributed by atoms with Gasteiger partial charge in [-0.1, -0.05) is 13.3 Å². The average molecular weight is 261 g/mol. The molecule has 0 bridgehead atoms. The van der Waals surface area contributed by atoms with Crippen LogP contribution >= 0.6 is 0 Å². The van der Waals surface area contributed by atoms with Crippen molar-refractivity contribution in [2.45, 2.75) is 46.1 Å². The van der Waals surface area contributed by atoms with Crippen LogP contribution in [-0.2, 0) is 14.2 Å². The monoisotopic (exact) mass is 261 g/mol. The molecule has 0 amide bonds. The third kappa shape index (κ3) is 15.8. The van der Waals surface area contributed by atoms with E-state index < -0.39 is 0 Å². The minimum atomic E-state index is -0.0720. The zero-order valence-corrected chi connectivity index (χ0v) is 12.6. The molecule has 1 N–H and O–H groups in total. The van der Waals surface area contributed by atoms with Crippen molar-refractivity contribution >= 4 is 0 Å². The van der Waals surface area contributed by atoms with Crippen LogP contribution in [0.3, 0.4) is 0 Å². The summed E-state index contributed by atoms with van der Waals surface area (Å²) < 4.78 is 16.4. The van der Waals surface area contributed by atoms with Crippen LogP contribution in [0.1, 0.15) is 40.5 Å². The van der Waals surface area contributed by atoms with E-state index in [1.165, 1.54) is 6.42 Å². The van der Waals surface area contributed by atoms with Gasteiger partial charge in [-0.05, 0) is 27.2 Å². The Hall–Kier alpha value is -0.160. The van der Waals surface area contributed by atoms with Crippen molar-refractivity contribution < 1.29 is 14.2 Å². The highest BCUT2D eigenvalue weighted by Gasteiger charge is 2.08. The van der Waals surface area contributed by atoms with Gasteiger partial charge < -0.3 is 19.5 Å². The molecule has 0 aromatic carbocycles. The van der Waals surface area contributed by atoms with Crippen LogP contribution in [0.4, 0.5) is 0 Å². The van der Waals surface area contributed by atoms with Gasteiger partial charge in [-0.2, -0.15) is 0 Å². The van der Waals surface area contributed by atoms with Gasteiger partial charge in [0.2, 0.25) is 0 Å². The summed E-state index contributed by atoms with van der Waals surface area (Å²) in [6.45, 7) is 13.8. The van der Waals surface area contributed by atoms with Crippen LogP contribution in [0, 0.1) is 0 Å². The number of rotatable bonds is 12. The molecule has 110 valence electrons. The van der Waals surface area contributed by atoms with Crippen molar-refractivity contribution in [2.24, 2.45) is 0 Å². The van der Waals surface area contributed by atoms with Crippen LogP contribution in [-0.4, -0.2) is 51.7 Å². The highest BCUT2D eigenvalue weighted by Crippen LogP contribution is 2.05. The highest BCUT2D eigenvalue weighted by molar-refractivity contribution is 4.57. The van der Waals surface area contributed by atoms with E-state index in [0.717, 1.165) is 39.3 Å². The summed E-state index contributed by atoms with van der Waals surface area (Å²) in [5.41, 5.74) is -0.0720. The first kappa shape index (κ1) is 17.8. The zero-order chi connectivity index (χ0) is 13.7. The van der Waals surface area contributed by atoms with Crippen molar-refractivity contribution in [3.05, 3.63) is 0 Å². The van der Waals surface area contributed by atoms with Gasteiger partial charge in [0.1, 0.15) is 0 Å². The van der Waals surface area contributed by atoms with E-state index in [1.807, 2.05) is 20.8 Å². The molecule has 4 nitrogen and oxygen atoms in total. The first-order valence-corrected chi connectivity index (χ1v) is 7.06.